The van der Waals surface area contributed by atoms with E-state index in [0.717, 1.165) is 26.1 Å². The maximum absolute atomic E-state index is 7.38. The molecule has 4 heteroatoms. The lowest BCUT2D eigenvalue weighted by Crippen LogP contribution is -2.43. The van der Waals surface area contributed by atoms with Crippen molar-refractivity contribution in [1.29, 1.82) is 5.41 Å². The minimum Gasteiger partial charge on any atom is -0.386 e. The van der Waals surface area contributed by atoms with E-state index in [2.05, 4.69) is 30.8 Å². The van der Waals surface area contributed by atoms with Crippen LogP contribution in [0.25, 0.3) is 0 Å². The Kier molecular flexibility index (Phi) is 6.49. The monoisotopic (exact) mass is 200 g/mol. The first kappa shape index (κ1) is 13.4. The minimum atomic E-state index is 0.0714. The molecule has 0 aromatic carbocycles. The number of nitrogens with zero attached hydrogens (tertiary/aromatic N) is 2. The molecule has 1 unspecified atom stereocenters. The summed E-state index contributed by atoms with van der Waals surface area (Å²) in [5, 5.41) is 7.38. The van der Waals surface area contributed by atoms with Crippen LogP contribution in [0.3, 0.4) is 0 Å². The Hall–Kier alpha value is -0.610. The molecule has 4 nitrogen and oxygen atoms in total. The molecule has 0 amide bonds. The van der Waals surface area contributed by atoms with E-state index in [1.807, 2.05) is 6.92 Å². The van der Waals surface area contributed by atoms with Gasteiger partial charge in [-0.25, -0.2) is 0 Å². The highest BCUT2D eigenvalue weighted by Gasteiger charge is 2.13. The topological polar surface area (TPSA) is 56.4 Å². The SMILES string of the molecule is CCN(CCCN(C)C)C(C)C(=N)N. The Labute approximate surface area is 87.6 Å². The van der Waals surface area contributed by atoms with Gasteiger partial charge in [0, 0.05) is 6.54 Å². The van der Waals surface area contributed by atoms with Crippen LogP contribution in [0.15, 0.2) is 0 Å². The predicted molar refractivity (Wildman–Crippen MR) is 61.8 cm³/mol. The van der Waals surface area contributed by atoms with E-state index in [1.165, 1.54) is 0 Å². The molecule has 1 atom stereocenters. The molecule has 0 aromatic heterocycles. The Morgan fingerprint density at radius 2 is 1.93 bits per heavy atom. The van der Waals surface area contributed by atoms with Gasteiger partial charge in [0.25, 0.3) is 0 Å². The van der Waals surface area contributed by atoms with Crippen molar-refractivity contribution in [2.45, 2.75) is 26.3 Å². The largest absolute Gasteiger partial charge is 0.386 e. The average Bonchev–Trinajstić information content (AvgIpc) is 2.10. The quantitative estimate of drug-likeness (QED) is 0.467. The third-order valence-electron chi connectivity index (χ3n) is 2.45. The summed E-state index contributed by atoms with van der Waals surface area (Å²) >= 11 is 0. The van der Waals surface area contributed by atoms with Crippen LogP contribution in [0.4, 0.5) is 0 Å². The summed E-state index contributed by atoms with van der Waals surface area (Å²) in [6, 6.07) is 0.0714. The van der Waals surface area contributed by atoms with E-state index in [0.29, 0.717) is 0 Å². The molecule has 0 saturated carbocycles. The molecule has 0 saturated heterocycles. The van der Waals surface area contributed by atoms with Crippen molar-refractivity contribution in [3.63, 3.8) is 0 Å². The van der Waals surface area contributed by atoms with Gasteiger partial charge in [0.1, 0.15) is 5.84 Å². The number of likely N-dealkylation sites (N-methyl/N-ethyl adjacent to an activating group) is 1. The first-order valence-electron chi connectivity index (χ1n) is 5.21. The molecule has 0 radical (unpaired) electrons. The van der Waals surface area contributed by atoms with E-state index in [4.69, 9.17) is 11.1 Å². The van der Waals surface area contributed by atoms with E-state index < -0.39 is 0 Å². The summed E-state index contributed by atoms with van der Waals surface area (Å²) in [4.78, 5) is 4.40. The summed E-state index contributed by atoms with van der Waals surface area (Å²) in [6.07, 6.45) is 1.12. The Morgan fingerprint density at radius 3 is 2.29 bits per heavy atom. The maximum atomic E-state index is 7.38. The zero-order valence-electron chi connectivity index (χ0n) is 9.88. The third kappa shape index (κ3) is 5.19. The van der Waals surface area contributed by atoms with Crippen molar-refractivity contribution in [2.24, 2.45) is 5.73 Å². The van der Waals surface area contributed by atoms with Gasteiger partial charge in [0.2, 0.25) is 0 Å². The fourth-order valence-corrected chi connectivity index (χ4v) is 1.41. The van der Waals surface area contributed by atoms with Crippen LogP contribution in [0.2, 0.25) is 0 Å². The van der Waals surface area contributed by atoms with E-state index in [9.17, 15) is 0 Å². The molecule has 0 spiro atoms. The van der Waals surface area contributed by atoms with Crippen molar-refractivity contribution in [1.82, 2.24) is 9.80 Å². The molecule has 0 fully saturated rings. The lowest BCUT2D eigenvalue weighted by molar-refractivity contribution is 0.247. The maximum Gasteiger partial charge on any atom is 0.108 e. The second kappa shape index (κ2) is 6.79. The summed E-state index contributed by atoms with van der Waals surface area (Å²) in [5.74, 6) is 0.261. The van der Waals surface area contributed by atoms with Crippen molar-refractivity contribution in [3.05, 3.63) is 0 Å². The highest BCUT2D eigenvalue weighted by molar-refractivity contribution is 5.82. The molecule has 0 heterocycles. The van der Waals surface area contributed by atoms with Gasteiger partial charge in [-0.05, 0) is 40.5 Å². The van der Waals surface area contributed by atoms with Crippen LogP contribution < -0.4 is 5.73 Å². The van der Waals surface area contributed by atoms with E-state index >= 15 is 0 Å². The molecule has 14 heavy (non-hydrogen) atoms. The number of nitrogens with one attached hydrogen (secondary N) is 1. The van der Waals surface area contributed by atoms with Gasteiger partial charge in [-0.15, -0.1) is 0 Å². The highest BCUT2D eigenvalue weighted by atomic mass is 15.2. The third-order valence-corrected chi connectivity index (χ3v) is 2.45. The van der Waals surface area contributed by atoms with Gasteiger partial charge in [-0.2, -0.15) is 0 Å². The molecular formula is C10H24N4. The normalized spacial score (nSPS) is 13.6. The van der Waals surface area contributed by atoms with Crippen LogP contribution >= 0.6 is 0 Å². The first-order valence-corrected chi connectivity index (χ1v) is 5.21. The van der Waals surface area contributed by atoms with E-state index in [1.54, 1.807) is 0 Å². The van der Waals surface area contributed by atoms with Gasteiger partial charge in [0.15, 0.2) is 0 Å². The van der Waals surface area contributed by atoms with Gasteiger partial charge >= 0.3 is 0 Å². The standard InChI is InChI=1S/C10H24N4/c1-5-14(9(2)10(11)12)8-6-7-13(3)4/h9H,5-8H2,1-4H3,(H3,11,12). The zero-order valence-corrected chi connectivity index (χ0v) is 9.88. The summed E-state index contributed by atoms with van der Waals surface area (Å²) < 4.78 is 0. The number of rotatable bonds is 7. The summed E-state index contributed by atoms with van der Waals surface area (Å²) in [6.45, 7) is 7.14. The number of nitrogens with two attached hydrogens (primary N) is 1. The van der Waals surface area contributed by atoms with Gasteiger partial charge < -0.3 is 10.6 Å². The van der Waals surface area contributed by atoms with Crippen LogP contribution in [0.1, 0.15) is 20.3 Å². The van der Waals surface area contributed by atoms with Gasteiger partial charge in [-0.1, -0.05) is 6.92 Å². The summed E-state index contributed by atoms with van der Waals surface area (Å²) in [7, 11) is 4.15. The number of hydrogen-bond donors (Lipinski definition) is 2. The molecule has 0 aromatic rings. The van der Waals surface area contributed by atoms with Crippen molar-refractivity contribution >= 4 is 5.84 Å². The molecule has 0 rings (SSSR count). The minimum absolute atomic E-state index is 0.0714. The molecule has 0 aliphatic heterocycles. The van der Waals surface area contributed by atoms with Gasteiger partial charge in [0.05, 0.1) is 6.04 Å². The fraction of sp³-hybridized carbons (Fsp3) is 0.900. The molecule has 0 aliphatic rings. The first-order chi connectivity index (χ1) is 6.49. The molecular weight excluding hydrogens is 176 g/mol. The fourth-order valence-electron chi connectivity index (χ4n) is 1.41. The predicted octanol–water partition coefficient (Wildman–Crippen LogP) is 0.584. The lowest BCUT2D eigenvalue weighted by atomic mass is 10.2. The van der Waals surface area contributed by atoms with Crippen LogP contribution in [0.5, 0.6) is 0 Å². The number of hydrogen-bond acceptors (Lipinski definition) is 3. The van der Waals surface area contributed by atoms with E-state index in [-0.39, 0.29) is 11.9 Å². The molecule has 0 aliphatic carbocycles. The molecule has 3 N–H and O–H groups in total. The average molecular weight is 200 g/mol. The Bertz CT molecular complexity index is 168. The van der Waals surface area contributed by atoms with Crippen molar-refractivity contribution in [3.8, 4) is 0 Å². The highest BCUT2D eigenvalue weighted by Crippen LogP contribution is 2.00. The van der Waals surface area contributed by atoms with Crippen LogP contribution in [-0.2, 0) is 0 Å². The van der Waals surface area contributed by atoms with Crippen LogP contribution in [-0.4, -0.2) is 55.4 Å². The summed E-state index contributed by atoms with van der Waals surface area (Å²) in [5.41, 5.74) is 5.48. The molecule has 84 valence electrons. The smallest absolute Gasteiger partial charge is 0.108 e. The second-order valence-electron chi connectivity index (χ2n) is 3.92. The second-order valence-corrected chi connectivity index (χ2v) is 3.92. The Morgan fingerprint density at radius 1 is 1.36 bits per heavy atom. The number of amidine groups is 1. The molecule has 0 bridgehead atoms. The van der Waals surface area contributed by atoms with Crippen molar-refractivity contribution in [2.75, 3.05) is 33.7 Å². The van der Waals surface area contributed by atoms with Crippen molar-refractivity contribution < 1.29 is 0 Å². The van der Waals surface area contributed by atoms with Gasteiger partial charge in [-0.3, -0.25) is 10.3 Å². The zero-order chi connectivity index (χ0) is 11.1. The Balaban J connectivity index is 3.84. The lowest BCUT2D eigenvalue weighted by Gasteiger charge is -2.27. The van der Waals surface area contributed by atoms with Crippen LogP contribution in [0, 0.1) is 5.41 Å².